The van der Waals surface area contributed by atoms with Gasteiger partial charge in [0.15, 0.2) is 5.76 Å². The van der Waals surface area contributed by atoms with Crippen molar-refractivity contribution in [1.82, 2.24) is 10.2 Å². The summed E-state index contributed by atoms with van der Waals surface area (Å²) in [5, 5.41) is 3.15. The Labute approximate surface area is 166 Å². The van der Waals surface area contributed by atoms with Crippen LogP contribution >= 0.6 is 24.8 Å². The van der Waals surface area contributed by atoms with Crippen LogP contribution in [0.5, 0.6) is 0 Å². The summed E-state index contributed by atoms with van der Waals surface area (Å²) in [6.07, 6.45) is 2.35. The van der Waals surface area contributed by atoms with Crippen LogP contribution in [0.4, 0.5) is 5.69 Å². The third kappa shape index (κ3) is 4.00. The Balaban J connectivity index is 0.00000121. The number of carbonyl (C=O) groups is 1. The summed E-state index contributed by atoms with van der Waals surface area (Å²) in [5.74, 6) is 1.44. The molecule has 26 heavy (non-hydrogen) atoms. The lowest BCUT2D eigenvalue weighted by molar-refractivity contribution is 0.0606. The van der Waals surface area contributed by atoms with Gasteiger partial charge in [-0.2, -0.15) is 0 Å². The standard InChI is InChI=1S/C19H23N3O2.2ClH/c1-12-2-3-14(15(20)10-12)17-4-5-18(24-17)19(23)21-16-11-22-8-6-13(16)7-9-22;;/h2-5,10,13,16H,6-9,11,20H2,1H3,(H,21,23);2*1H/t16-;;/m0../s1. The molecule has 1 amide bonds. The zero-order valence-electron chi connectivity index (χ0n) is 14.7. The molecule has 142 valence electrons. The summed E-state index contributed by atoms with van der Waals surface area (Å²) in [4.78, 5) is 14.9. The van der Waals surface area contributed by atoms with Gasteiger partial charge in [0.2, 0.25) is 0 Å². The first-order valence-electron chi connectivity index (χ1n) is 8.60. The van der Waals surface area contributed by atoms with Gasteiger partial charge in [-0.05, 0) is 68.6 Å². The van der Waals surface area contributed by atoms with E-state index in [9.17, 15) is 4.79 Å². The third-order valence-corrected chi connectivity index (χ3v) is 5.27. The number of nitrogen functional groups attached to an aromatic ring is 1. The fraction of sp³-hybridized carbons (Fsp3) is 0.421. The first kappa shape index (κ1) is 20.6. The molecule has 5 rings (SSSR count). The number of piperidine rings is 3. The topological polar surface area (TPSA) is 71.5 Å². The average molecular weight is 398 g/mol. The van der Waals surface area contributed by atoms with Crippen molar-refractivity contribution in [2.45, 2.75) is 25.8 Å². The number of rotatable bonds is 3. The number of amides is 1. The number of hydrogen-bond acceptors (Lipinski definition) is 4. The smallest absolute Gasteiger partial charge is 0.287 e. The number of hydrogen-bond donors (Lipinski definition) is 2. The van der Waals surface area contributed by atoms with Crippen molar-refractivity contribution in [3.8, 4) is 11.3 Å². The van der Waals surface area contributed by atoms with Gasteiger partial charge in [0, 0.05) is 23.8 Å². The molecular formula is C19H25Cl2N3O2. The number of anilines is 1. The van der Waals surface area contributed by atoms with Crippen LogP contribution < -0.4 is 11.1 Å². The molecule has 3 aliphatic heterocycles. The van der Waals surface area contributed by atoms with Crippen molar-refractivity contribution < 1.29 is 9.21 Å². The highest BCUT2D eigenvalue weighted by molar-refractivity contribution is 5.92. The molecule has 0 radical (unpaired) electrons. The highest BCUT2D eigenvalue weighted by Crippen LogP contribution is 2.30. The Morgan fingerprint density at radius 1 is 1.19 bits per heavy atom. The van der Waals surface area contributed by atoms with E-state index in [1.807, 2.05) is 31.2 Å². The van der Waals surface area contributed by atoms with Crippen molar-refractivity contribution in [1.29, 1.82) is 0 Å². The minimum absolute atomic E-state index is 0. The van der Waals surface area contributed by atoms with E-state index < -0.39 is 0 Å². The van der Waals surface area contributed by atoms with E-state index in [1.54, 1.807) is 6.07 Å². The van der Waals surface area contributed by atoms with Gasteiger partial charge in [0.05, 0.1) is 0 Å². The summed E-state index contributed by atoms with van der Waals surface area (Å²) < 4.78 is 5.77. The fourth-order valence-corrected chi connectivity index (χ4v) is 3.88. The fourth-order valence-electron chi connectivity index (χ4n) is 3.88. The minimum Gasteiger partial charge on any atom is -0.451 e. The number of nitrogens with zero attached hydrogens (tertiary/aromatic N) is 1. The van der Waals surface area contributed by atoms with Crippen molar-refractivity contribution in [3.05, 3.63) is 41.7 Å². The number of nitrogens with two attached hydrogens (primary N) is 1. The molecule has 3 fully saturated rings. The molecule has 0 saturated carbocycles. The van der Waals surface area contributed by atoms with Gasteiger partial charge in [-0.25, -0.2) is 0 Å². The van der Waals surface area contributed by atoms with Gasteiger partial charge in [0.25, 0.3) is 5.91 Å². The molecule has 2 aromatic rings. The maximum absolute atomic E-state index is 12.5. The van der Waals surface area contributed by atoms with Crippen LogP contribution in [0, 0.1) is 12.8 Å². The molecule has 1 aromatic carbocycles. The highest BCUT2D eigenvalue weighted by atomic mass is 35.5. The van der Waals surface area contributed by atoms with E-state index in [4.69, 9.17) is 10.2 Å². The molecule has 3 N–H and O–H groups in total. The van der Waals surface area contributed by atoms with E-state index in [1.165, 1.54) is 12.8 Å². The molecule has 4 heterocycles. The molecule has 5 nitrogen and oxygen atoms in total. The molecule has 3 saturated heterocycles. The van der Waals surface area contributed by atoms with Gasteiger partial charge >= 0.3 is 0 Å². The molecule has 3 aliphatic rings. The van der Waals surface area contributed by atoms with Crippen LogP contribution in [0.15, 0.2) is 34.7 Å². The number of halogens is 2. The van der Waals surface area contributed by atoms with E-state index in [0.717, 1.165) is 30.8 Å². The maximum Gasteiger partial charge on any atom is 0.287 e. The SMILES string of the molecule is Cc1ccc(-c2ccc(C(=O)N[C@H]3CN4CCC3CC4)o2)c(N)c1.Cl.Cl. The molecule has 0 unspecified atom stereocenters. The summed E-state index contributed by atoms with van der Waals surface area (Å²) in [6.45, 7) is 5.27. The van der Waals surface area contributed by atoms with E-state index in [-0.39, 0.29) is 36.8 Å². The Kier molecular flexibility index (Phi) is 6.61. The first-order valence-corrected chi connectivity index (χ1v) is 8.60. The van der Waals surface area contributed by atoms with Gasteiger partial charge in [-0.1, -0.05) is 6.07 Å². The zero-order chi connectivity index (χ0) is 16.7. The molecule has 0 spiro atoms. The second-order valence-corrected chi connectivity index (χ2v) is 6.97. The molecule has 0 aliphatic carbocycles. The average Bonchev–Trinajstić information content (AvgIpc) is 3.06. The van der Waals surface area contributed by atoms with E-state index in [2.05, 4.69) is 10.2 Å². The lowest BCUT2D eigenvalue weighted by Crippen LogP contribution is -2.57. The number of nitrogens with one attached hydrogen (secondary N) is 1. The van der Waals surface area contributed by atoms with Crippen LogP contribution in [-0.2, 0) is 0 Å². The Morgan fingerprint density at radius 2 is 1.92 bits per heavy atom. The first-order chi connectivity index (χ1) is 11.6. The lowest BCUT2D eigenvalue weighted by atomic mass is 9.84. The van der Waals surface area contributed by atoms with Crippen LogP contribution in [0.3, 0.4) is 0 Å². The van der Waals surface area contributed by atoms with Gasteiger partial charge in [-0.3, -0.25) is 4.79 Å². The summed E-state index contributed by atoms with van der Waals surface area (Å²) in [6, 6.07) is 9.60. The quantitative estimate of drug-likeness (QED) is 0.777. The van der Waals surface area contributed by atoms with Crippen molar-refractivity contribution in [2.24, 2.45) is 5.92 Å². The predicted molar refractivity (Wildman–Crippen MR) is 108 cm³/mol. The van der Waals surface area contributed by atoms with Crippen LogP contribution in [0.2, 0.25) is 0 Å². The number of furan rings is 1. The number of carbonyl (C=O) groups excluding carboxylic acids is 1. The van der Waals surface area contributed by atoms with Crippen LogP contribution in [0.25, 0.3) is 11.3 Å². The molecule has 1 atom stereocenters. The zero-order valence-corrected chi connectivity index (χ0v) is 16.4. The number of aryl methyl sites for hydroxylation is 1. The van der Waals surface area contributed by atoms with E-state index in [0.29, 0.717) is 23.1 Å². The summed E-state index contributed by atoms with van der Waals surface area (Å²) in [7, 11) is 0. The van der Waals surface area contributed by atoms with Crippen molar-refractivity contribution in [3.63, 3.8) is 0 Å². The predicted octanol–water partition coefficient (Wildman–Crippen LogP) is 3.50. The largest absolute Gasteiger partial charge is 0.451 e. The number of benzene rings is 1. The normalized spacial score (nSPS) is 23.7. The van der Waals surface area contributed by atoms with Gasteiger partial charge in [0.1, 0.15) is 5.76 Å². The second-order valence-electron chi connectivity index (χ2n) is 6.97. The number of fused-ring (bicyclic) bond motifs is 3. The van der Waals surface area contributed by atoms with Gasteiger partial charge in [-0.15, -0.1) is 24.8 Å². The Hall–Kier alpha value is -1.69. The second kappa shape index (κ2) is 8.33. The highest BCUT2D eigenvalue weighted by Gasteiger charge is 2.35. The third-order valence-electron chi connectivity index (χ3n) is 5.27. The molecule has 2 bridgehead atoms. The lowest BCUT2D eigenvalue weighted by Gasteiger charge is -2.44. The summed E-state index contributed by atoms with van der Waals surface area (Å²) >= 11 is 0. The Bertz CT molecular complexity index is 770. The minimum atomic E-state index is -0.134. The van der Waals surface area contributed by atoms with Crippen LogP contribution in [0.1, 0.15) is 29.0 Å². The molecule has 7 heteroatoms. The Morgan fingerprint density at radius 3 is 2.54 bits per heavy atom. The van der Waals surface area contributed by atoms with Crippen LogP contribution in [-0.4, -0.2) is 36.5 Å². The monoisotopic (exact) mass is 397 g/mol. The molecular weight excluding hydrogens is 373 g/mol. The maximum atomic E-state index is 12.5. The van der Waals surface area contributed by atoms with Gasteiger partial charge < -0.3 is 20.4 Å². The van der Waals surface area contributed by atoms with Crippen molar-refractivity contribution in [2.75, 3.05) is 25.4 Å². The van der Waals surface area contributed by atoms with Crippen molar-refractivity contribution >= 4 is 36.4 Å². The van der Waals surface area contributed by atoms with E-state index >= 15 is 0 Å². The summed E-state index contributed by atoms with van der Waals surface area (Å²) in [5.41, 5.74) is 8.65. The molecule has 1 aromatic heterocycles.